The maximum atomic E-state index is 14.0. The second kappa shape index (κ2) is 6.13. The van der Waals surface area contributed by atoms with E-state index in [0.717, 1.165) is 6.07 Å². The van der Waals surface area contributed by atoms with E-state index in [4.69, 9.17) is 0 Å². The van der Waals surface area contributed by atoms with Crippen molar-refractivity contribution in [3.05, 3.63) is 39.4 Å². The van der Waals surface area contributed by atoms with E-state index in [9.17, 15) is 23.7 Å². The molecule has 1 aliphatic rings. The summed E-state index contributed by atoms with van der Waals surface area (Å²) >= 11 is 0. The number of nitro benzene ring substituents is 1. The number of nitrogens with zero attached hydrogens (tertiary/aromatic N) is 2. The predicted octanol–water partition coefficient (Wildman–Crippen LogP) is 1.70. The summed E-state index contributed by atoms with van der Waals surface area (Å²) in [4.78, 5) is 23.2. The van der Waals surface area contributed by atoms with Crippen LogP contribution in [0, 0.1) is 21.7 Å². The standard InChI is InChI=1S/C13H15F2N3O3/c1-17(8-4-6-16-7-5-8)13(19)11-9(14)2-3-10(12(11)15)18(20)21/h2-3,8,16H,4-7H2,1H3. The summed E-state index contributed by atoms with van der Waals surface area (Å²) in [7, 11) is 1.45. The maximum Gasteiger partial charge on any atom is 0.305 e. The van der Waals surface area contributed by atoms with Gasteiger partial charge in [-0.25, -0.2) is 4.39 Å². The SMILES string of the molecule is CN(C(=O)c1c(F)ccc([N+](=O)[O-])c1F)C1CCNCC1. The Hall–Kier alpha value is -2.09. The number of halogens is 2. The topological polar surface area (TPSA) is 75.5 Å². The molecular weight excluding hydrogens is 284 g/mol. The molecule has 0 aliphatic carbocycles. The first-order valence-electron chi connectivity index (χ1n) is 6.53. The summed E-state index contributed by atoms with van der Waals surface area (Å²) < 4.78 is 27.8. The summed E-state index contributed by atoms with van der Waals surface area (Å²) in [5.74, 6) is -3.39. The molecule has 0 aromatic heterocycles. The highest BCUT2D eigenvalue weighted by molar-refractivity contribution is 5.95. The average molecular weight is 299 g/mol. The van der Waals surface area contributed by atoms with Crippen molar-refractivity contribution in [2.75, 3.05) is 20.1 Å². The Kier molecular flexibility index (Phi) is 4.46. The average Bonchev–Trinajstić information content (AvgIpc) is 2.46. The molecule has 1 N–H and O–H groups in total. The Labute approximate surface area is 119 Å². The minimum atomic E-state index is -1.43. The van der Waals surface area contributed by atoms with Crippen LogP contribution in [0.1, 0.15) is 23.2 Å². The summed E-state index contributed by atoms with van der Waals surface area (Å²) in [6.07, 6.45) is 1.33. The second-order valence-electron chi connectivity index (χ2n) is 4.91. The summed E-state index contributed by atoms with van der Waals surface area (Å²) in [6.45, 7) is 1.42. The molecule has 1 aromatic carbocycles. The molecule has 1 fully saturated rings. The largest absolute Gasteiger partial charge is 0.338 e. The normalized spacial score (nSPS) is 15.8. The maximum absolute atomic E-state index is 14.0. The van der Waals surface area contributed by atoms with Crippen molar-refractivity contribution in [1.29, 1.82) is 0 Å². The second-order valence-corrected chi connectivity index (χ2v) is 4.91. The smallest absolute Gasteiger partial charge is 0.305 e. The Morgan fingerprint density at radius 2 is 2.00 bits per heavy atom. The van der Waals surface area contributed by atoms with Gasteiger partial charge in [0.15, 0.2) is 0 Å². The third kappa shape index (κ3) is 2.99. The summed E-state index contributed by atoms with van der Waals surface area (Å²) in [5.41, 5.74) is -1.77. The van der Waals surface area contributed by atoms with E-state index in [2.05, 4.69) is 5.32 Å². The lowest BCUT2D eigenvalue weighted by Gasteiger charge is -2.31. The van der Waals surface area contributed by atoms with Crippen molar-refractivity contribution in [2.24, 2.45) is 0 Å². The zero-order valence-electron chi connectivity index (χ0n) is 11.4. The summed E-state index contributed by atoms with van der Waals surface area (Å²) in [6, 6.07) is 1.31. The molecular formula is C13H15F2N3O3. The third-order valence-electron chi connectivity index (χ3n) is 3.66. The van der Waals surface area contributed by atoms with Crippen molar-refractivity contribution < 1.29 is 18.5 Å². The molecule has 0 bridgehead atoms. The van der Waals surface area contributed by atoms with Gasteiger partial charge in [0, 0.05) is 19.2 Å². The molecule has 0 radical (unpaired) electrons. The first-order chi connectivity index (χ1) is 9.93. The molecule has 8 heteroatoms. The highest BCUT2D eigenvalue weighted by Crippen LogP contribution is 2.25. The van der Waals surface area contributed by atoms with Gasteiger partial charge in [-0.05, 0) is 32.0 Å². The predicted molar refractivity (Wildman–Crippen MR) is 71.0 cm³/mol. The van der Waals surface area contributed by atoms with Crippen LogP contribution in [-0.4, -0.2) is 41.9 Å². The van der Waals surface area contributed by atoms with Crippen molar-refractivity contribution in [2.45, 2.75) is 18.9 Å². The number of piperidine rings is 1. The van der Waals surface area contributed by atoms with Gasteiger partial charge in [-0.15, -0.1) is 0 Å². The Morgan fingerprint density at radius 1 is 1.38 bits per heavy atom. The molecule has 1 heterocycles. The number of nitrogens with one attached hydrogen (secondary N) is 1. The number of hydrogen-bond donors (Lipinski definition) is 1. The van der Waals surface area contributed by atoms with Crippen LogP contribution in [-0.2, 0) is 0 Å². The van der Waals surface area contributed by atoms with Gasteiger partial charge in [0.2, 0.25) is 5.82 Å². The van der Waals surface area contributed by atoms with E-state index >= 15 is 0 Å². The minimum Gasteiger partial charge on any atom is -0.338 e. The van der Waals surface area contributed by atoms with Crippen LogP contribution < -0.4 is 5.32 Å². The zero-order valence-corrected chi connectivity index (χ0v) is 11.4. The molecule has 1 aliphatic heterocycles. The van der Waals surface area contributed by atoms with E-state index in [1.807, 2.05) is 0 Å². The zero-order chi connectivity index (χ0) is 15.6. The molecule has 2 rings (SSSR count). The van der Waals surface area contributed by atoms with Gasteiger partial charge >= 0.3 is 5.69 Å². The first-order valence-corrected chi connectivity index (χ1v) is 6.53. The monoisotopic (exact) mass is 299 g/mol. The molecule has 1 saturated heterocycles. The van der Waals surface area contributed by atoms with Crippen LogP contribution in [0.25, 0.3) is 0 Å². The molecule has 0 unspecified atom stereocenters. The summed E-state index contributed by atoms with van der Waals surface area (Å²) in [5, 5.41) is 13.8. The lowest BCUT2D eigenvalue weighted by molar-refractivity contribution is -0.387. The highest BCUT2D eigenvalue weighted by Gasteiger charge is 2.31. The van der Waals surface area contributed by atoms with Crippen LogP contribution in [0.3, 0.4) is 0 Å². The third-order valence-corrected chi connectivity index (χ3v) is 3.66. The minimum absolute atomic E-state index is 0.142. The van der Waals surface area contributed by atoms with Crippen molar-refractivity contribution in [3.8, 4) is 0 Å². The van der Waals surface area contributed by atoms with Gasteiger partial charge in [-0.2, -0.15) is 4.39 Å². The molecule has 0 spiro atoms. The van der Waals surface area contributed by atoms with Crippen molar-refractivity contribution >= 4 is 11.6 Å². The van der Waals surface area contributed by atoms with Gasteiger partial charge in [-0.1, -0.05) is 0 Å². The van der Waals surface area contributed by atoms with Gasteiger partial charge in [-0.3, -0.25) is 14.9 Å². The molecule has 0 atom stereocenters. The molecule has 6 nitrogen and oxygen atoms in total. The fraction of sp³-hybridized carbons (Fsp3) is 0.462. The van der Waals surface area contributed by atoms with Gasteiger partial charge < -0.3 is 10.2 Å². The van der Waals surface area contributed by atoms with E-state index in [1.165, 1.54) is 11.9 Å². The number of hydrogen-bond acceptors (Lipinski definition) is 4. The number of amides is 1. The van der Waals surface area contributed by atoms with E-state index < -0.39 is 33.7 Å². The molecule has 114 valence electrons. The van der Waals surface area contributed by atoms with Gasteiger partial charge in [0.1, 0.15) is 11.4 Å². The Morgan fingerprint density at radius 3 is 2.57 bits per heavy atom. The van der Waals surface area contributed by atoms with Crippen LogP contribution >= 0.6 is 0 Å². The lowest BCUT2D eigenvalue weighted by Crippen LogP contribution is -2.44. The Bertz CT molecular complexity index is 574. The fourth-order valence-electron chi connectivity index (χ4n) is 2.41. The van der Waals surface area contributed by atoms with Gasteiger partial charge in [0.25, 0.3) is 5.91 Å². The highest BCUT2D eigenvalue weighted by atomic mass is 19.1. The Balaban J connectivity index is 2.33. The van der Waals surface area contributed by atoms with Crippen molar-refractivity contribution in [3.63, 3.8) is 0 Å². The fourth-order valence-corrected chi connectivity index (χ4v) is 2.41. The number of carbonyl (C=O) groups excluding carboxylic acids is 1. The van der Waals surface area contributed by atoms with Crippen molar-refractivity contribution in [1.82, 2.24) is 10.2 Å². The van der Waals surface area contributed by atoms with Crippen LogP contribution in [0.4, 0.5) is 14.5 Å². The number of carbonyl (C=O) groups is 1. The number of nitro groups is 1. The molecule has 0 saturated carbocycles. The molecule has 1 aromatic rings. The van der Waals surface area contributed by atoms with E-state index in [1.54, 1.807) is 0 Å². The lowest BCUT2D eigenvalue weighted by atomic mass is 10.0. The van der Waals surface area contributed by atoms with E-state index in [0.29, 0.717) is 32.0 Å². The number of benzene rings is 1. The van der Waals surface area contributed by atoms with Gasteiger partial charge in [0.05, 0.1) is 4.92 Å². The van der Waals surface area contributed by atoms with Crippen LogP contribution in [0.15, 0.2) is 12.1 Å². The van der Waals surface area contributed by atoms with Crippen LogP contribution in [0.5, 0.6) is 0 Å². The van der Waals surface area contributed by atoms with Crippen LogP contribution in [0.2, 0.25) is 0 Å². The quantitative estimate of drug-likeness (QED) is 0.681. The molecule has 1 amide bonds. The molecule has 21 heavy (non-hydrogen) atoms. The van der Waals surface area contributed by atoms with E-state index in [-0.39, 0.29) is 6.04 Å². The number of rotatable bonds is 3. The first kappa shape index (κ1) is 15.3.